The zero-order valence-corrected chi connectivity index (χ0v) is 15.7. The van der Waals surface area contributed by atoms with E-state index in [1.807, 2.05) is 0 Å². The lowest BCUT2D eigenvalue weighted by atomic mass is 9.90. The number of anilines is 2. The molecular weight excluding hydrogens is 335 g/mol. The molecule has 138 valence electrons. The summed E-state index contributed by atoms with van der Waals surface area (Å²) in [6, 6.07) is 4.75. The summed E-state index contributed by atoms with van der Waals surface area (Å²) in [5, 5.41) is 2.94. The first-order valence-electron chi connectivity index (χ1n) is 8.51. The Labute approximate surface area is 151 Å². The van der Waals surface area contributed by atoms with Crippen LogP contribution in [0.15, 0.2) is 23.0 Å². The standard InChI is InChI=1S/C20H23FN2O3/c1-11-6-7-15(14(21)8-11)22-17-16(19(25)26-5)12-9-20(2,3)10-13(12)18(24)23(17)4/h6-8,22H,9-10H2,1-5H3. The van der Waals surface area contributed by atoms with E-state index >= 15 is 0 Å². The molecule has 5 nitrogen and oxygen atoms in total. The second-order valence-electron chi connectivity index (χ2n) is 7.66. The zero-order chi connectivity index (χ0) is 19.2. The van der Waals surface area contributed by atoms with Crippen molar-refractivity contribution in [2.24, 2.45) is 12.5 Å². The van der Waals surface area contributed by atoms with Crippen LogP contribution in [0.4, 0.5) is 15.9 Å². The van der Waals surface area contributed by atoms with Gasteiger partial charge < -0.3 is 10.1 Å². The number of halogens is 1. The minimum atomic E-state index is -0.537. The number of fused-ring (bicyclic) bond motifs is 1. The molecule has 0 atom stereocenters. The van der Waals surface area contributed by atoms with Gasteiger partial charge in [-0.15, -0.1) is 0 Å². The number of ether oxygens (including phenoxy) is 1. The number of methoxy groups -OCH3 is 1. The molecule has 1 N–H and O–H groups in total. The van der Waals surface area contributed by atoms with Gasteiger partial charge in [0.2, 0.25) is 0 Å². The van der Waals surface area contributed by atoms with E-state index in [0.29, 0.717) is 29.5 Å². The topological polar surface area (TPSA) is 60.3 Å². The third-order valence-corrected chi connectivity index (χ3v) is 4.88. The van der Waals surface area contributed by atoms with E-state index in [1.165, 1.54) is 17.7 Å². The fourth-order valence-electron chi connectivity index (χ4n) is 3.61. The smallest absolute Gasteiger partial charge is 0.341 e. The zero-order valence-electron chi connectivity index (χ0n) is 15.7. The number of aryl methyl sites for hydroxylation is 1. The number of carbonyl (C=O) groups excluding carboxylic acids is 1. The highest BCUT2D eigenvalue weighted by atomic mass is 19.1. The molecule has 1 aliphatic carbocycles. The molecule has 0 radical (unpaired) electrons. The fourth-order valence-corrected chi connectivity index (χ4v) is 3.61. The molecule has 2 aromatic rings. The van der Waals surface area contributed by atoms with Gasteiger partial charge in [-0.2, -0.15) is 0 Å². The summed E-state index contributed by atoms with van der Waals surface area (Å²) in [4.78, 5) is 25.4. The van der Waals surface area contributed by atoms with Crippen molar-refractivity contribution >= 4 is 17.5 Å². The second-order valence-corrected chi connectivity index (χ2v) is 7.66. The van der Waals surface area contributed by atoms with E-state index < -0.39 is 11.8 Å². The number of hydrogen-bond acceptors (Lipinski definition) is 4. The van der Waals surface area contributed by atoms with Gasteiger partial charge in [-0.3, -0.25) is 9.36 Å². The first-order chi connectivity index (χ1) is 12.1. The van der Waals surface area contributed by atoms with Gasteiger partial charge >= 0.3 is 5.97 Å². The summed E-state index contributed by atoms with van der Waals surface area (Å²) in [6.45, 7) is 5.90. The van der Waals surface area contributed by atoms with E-state index in [0.717, 1.165) is 5.56 Å². The van der Waals surface area contributed by atoms with Crippen LogP contribution in [0, 0.1) is 18.2 Å². The second kappa shape index (κ2) is 6.27. The predicted octanol–water partition coefficient (Wildman–Crippen LogP) is 3.49. The number of nitrogens with zero attached hydrogens (tertiary/aromatic N) is 1. The van der Waals surface area contributed by atoms with Crippen LogP contribution < -0.4 is 10.9 Å². The van der Waals surface area contributed by atoms with E-state index in [4.69, 9.17) is 4.74 Å². The van der Waals surface area contributed by atoms with Crippen LogP contribution in [-0.2, 0) is 24.6 Å². The highest BCUT2D eigenvalue weighted by Gasteiger charge is 2.36. The number of carbonyl (C=O) groups is 1. The highest BCUT2D eigenvalue weighted by molar-refractivity contribution is 5.97. The summed E-state index contributed by atoms with van der Waals surface area (Å²) in [7, 11) is 2.88. The van der Waals surface area contributed by atoms with E-state index in [1.54, 1.807) is 26.1 Å². The predicted molar refractivity (Wildman–Crippen MR) is 98.6 cm³/mol. The Morgan fingerprint density at radius 2 is 1.92 bits per heavy atom. The molecule has 0 amide bonds. The van der Waals surface area contributed by atoms with Crippen LogP contribution >= 0.6 is 0 Å². The van der Waals surface area contributed by atoms with Crippen molar-refractivity contribution in [1.82, 2.24) is 4.57 Å². The number of aromatic nitrogens is 1. The summed E-state index contributed by atoms with van der Waals surface area (Å²) in [6.07, 6.45) is 1.19. The Kier molecular flexibility index (Phi) is 4.38. The summed E-state index contributed by atoms with van der Waals surface area (Å²) < 4.78 is 20.6. The van der Waals surface area contributed by atoms with Gasteiger partial charge in [0.05, 0.1) is 12.8 Å². The number of nitrogens with one attached hydrogen (secondary N) is 1. The maximum atomic E-state index is 14.3. The molecule has 26 heavy (non-hydrogen) atoms. The van der Waals surface area contributed by atoms with E-state index in [9.17, 15) is 14.0 Å². The lowest BCUT2D eigenvalue weighted by Gasteiger charge is -2.19. The normalized spacial score (nSPS) is 14.8. The van der Waals surface area contributed by atoms with Crippen molar-refractivity contribution in [2.75, 3.05) is 12.4 Å². The Hall–Kier alpha value is -2.63. The van der Waals surface area contributed by atoms with Crippen molar-refractivity contribution in [3.05, 3.63) is 56.6 Å². The molecule has 0 saturated carbocycles. The molecule has 0 aliphatic heterocycles. The Balaban J connectivity index is 2.24. The van der Waals surface area contributed by atoms with Crippen molar-refractivity contribution in [1.29, 1.82) is 0 Å². The van der Waals surface area contributed by atoms with Crippen molar-refractivity contribution < 1.29 is 13.9 Å². The monoisotopic (exact) mass is 358 g/mol. The number of esters is 1. The molecule has 1 aromatic heterocycles. The third-order valence-electron chi connectivity index (χ3n) is 4.88. The highest BCUT2D eigenvalue weighted by Crippen LogP contribution is 2.39. The van der Waals surface area contributed by atoms with Crippen LogP contribution in [0.2, 0.25) is 0 Å². The number of hydrogen-bond donors (Lipinski definition) is 1. The lowest BCUT2D eigenvalue weighted by Crippen LogP contribution is -2.27. The van der Waals surface area contributed by atoms with Gasteiger partial charge in [0.1, 0.15) is 17.2 Å². The van der Waals surface area contributed by atoms with Gasteiger partial charge in [-0.25, -0.2) is 9.18 Å². The summed E-state index contributed by atoms with van der Waals surface area (Å²) in [5.41, 5.74) is 2.32. The summed E-state index contributed by atoms with van der Waals surface area (Å²) >= 11 is 0. The van der Waals surface area contributed by atoms with Crippen LogP contribution in [0.5, 0.6) is 0 Å². The molecule has 6 heteroatoms. The van der Waals surface area contributed by atoms with Crippen molar-refractivity contribution in [3.8, 4) is 0 Å². The maximum absolute atomic E-state index is 14.3. The van der Waals surface area contributed by atoms with Crippen molar-refractivity contribution in [2.45, 2.75) is 33.6 Å². The van der Waals surface area contributed by atoms with Crippen LogP contribution in [-0.4, -0.2) is 17.6 Å². The molecule has 1 aliphatic rings. The Morgan fingerprint density at radius 1 is 1.27 bits per heavy atom. The average Bonchev–Trinajstić information content (AvgIpc) is 2.89. The quantitative estimate of drug-likeness (QED) is 0.854. The molecule has 0 bridgehead atoms. The number of pyridine rings is 1. The molecular formula is C20H23FN2O3. The number of rotatable bonds is 3. The molecule has 0 spiro atoms. The van der Waals surface area contributed by atoms with Gasteiger partial charge in [-0.1, -0.05) is 19.9 Å². The third kappa shape index (κ3) is 3.00. The lowest BCUT2D eigenvalue weighted by molar-refractivity contribution is 0.0599. The van der Waals surface area contributed by atoms with Gasteiger partial charge in [0, 0.05) is 12.6 Å². The first-order valence-corrected chi connectivity index (χ1v) is 8.51. The molecule has 1 heterocycles. The fraction of sp³-hybridized carbons (Fsp3) is 0.400. The SMILES string of the molecule is COC(=O)c1c2c(c(=O)n(C)c1Nc1ccc(C)cc1F)CC(C)(C)C2. The Bertz CT molecular complexity index is 961. The number of benzene rings is 1. The van der Waals surface area contributed by atoms with Gasteiger partial charge in [-0.05, 0) is 48.4 Å². The van der Waals surface area contributed by atoms with Gasteiger partial charge in [0.15, 0.2) is 0 Å². The first kappa shape index (κ1) is 18.2. The molecule has 0 fully saturated rings. The van der Waals surface area contributed by atoms with E-state index in [-0.39, 0.29) is 22.5 Å². The van der Waals surface area contributed by atoms with Crippen LogP contribution in [0.3, 0.4) is 0 Å². The molecule has 0 unspecified atom stereocenters. The van der Waals surface area contributed by atoms with E-state index in [2.05, 4.69) is 19.2 Å². The summed E-state index contributed by atoms with van der Waals surface area (Å²) in [5.74, 6) is -0.736. The Morgan fingerprint density at radius 3 is 2.54 bits per heavy atom. The minimum Gasteiger partial charge on any atom is -0.465 e. The largest absolute Gasteiger partial charge is 0.465 e. The molecule has 3 rings (SSSR count). The minimum absolute atomic E-state index is 0.120. The van der Waals surface area contributed by atoms with Crippen LogP contribution in [0.25, 0.3) is 0 Å². The molecule has 0 saturated heterocycles. The average molecular weight is 358 g/mol. The van der Waals surface area contributed by atoms with Crippen LogP contribution in [0.1, 0.15) is 40.9 Å². The molecule has 1 aromatic carbocycles. The van der Waals surface area contributed by atoms with Crippen molar-refractivity contribution in [3.63, 3.8) is 0 Å². The van der Waals surface area contributed by atoms with Gasteiger partial charge in [0.25, 0.3) is 5.56 Å². The maximum Gasteiger partial charge on any atom is 0.341 e.